The van der Waals surface area contributed by atoms with Crippen LogP contribution in [0.5, 0.6) is 0 Å². The first-order valence-electron chi connectivity index (χ1n) is 8.47. The van der Waals surface area contributed by atoms with Gasteiger partial charge in [-0.2, -0.15) is 13.2 Å². The van der Waals surface area contributed by atoms with Gasteiger partial charge in [0, 0.05) is 11.1 Å². The molecule has 0 unspecified atom stereocenters. The van der Waals surface area contributed by atoms with E-state index in [0.29, 0.717) is 22.7 Å². The van der Waals surface area contributed by atoms with E-state index in [4.69, 9.17) is 0 Å². The van der Waals surface area contributed by atoms with Gasteiger partial charge in [0.1, 0.15) is 0 Å². The number of alkyl halides is 3. The number of nitrogens with zero attached hydrogens (tertiary/aromatic N) is 2. The number of halogens is 3. The minimum Gasteiger partial charge on any atom is -0.278 e. The highest BCUT2D eigenvalue weighted by molar-refractivity contribution is 6.54. The van der Waals surface area contributed by atoms with Gasteiger partial charge >= 0.3 is 6.18 Å². The van der Waals surface area contributed by atoms with E-state index in [1.54, 1.807) is 0 Å². The summed E-state index contributed by atoms with van der Waals surface area (Å²) in [5.74, 6) is 0. The van der Waals surface area contributed by atoms with Crippen LogP contribution in [-0.2, 0) is 12.7 Å². The van der Waals surface area contributed by atoms with Gasteiger partial charge in [0.25, 0.3) is 0 Å². The number of rotatable bonds is 2. The molecule has 0 saturated heterocycles. The van der Waals surface area contributed by atoms with Crippen molar-refractivity contribution in [3.05, 3.63) is 101 Å². The molecule has 3 aromatic rings. The molecule has 0 bridgehead atoms. The lowest BCUT2D eigenvalue weighted by Gasteiger charge is -2.11. The van der Waals surface area contributed by atoms with Crippen molar-refractivity contribution in [3.8, 4) is 0 Å². The summed E-state index contributed by atoms with van der Waals surface area (Å²) in [6.45, 7) is 0.275. The van der Waals surface area contributed by atoms with E-state index in [-0.39, 0.29) is 6.54 Å². The minimum atomic E-state index is -4.41. The van der Waals surface area contributed by atoms with Crippen molar-refractivity contribution in [2.75, 3.05) is 0 Å². The predicted molar refractivity (Wildman–Crippen MR) is 101 cm³/mol. The lowest BCUT2D eigenvalue weighted by molar-refractivity contribution is -0.137. The molecule has 0 aliphatic carbocycles. The predicted octanol–water partition coefficient (Wildman–Crippen LogP) is 5.83. The third kappa shape index (κ3) is 3.53. The highest BCUT2D eigenvalue weighted by Gasteiger charge is 2.31. The van der Waals surface area contributed by atoms with Crippen LogP contribution < -0.4 is 0 Å². The Morgan fingerprint density at radius 2 is 1.30 bits per heavy atom. The van der Waals surface area contributed by atoms with Crippen LogP contribution >= 0.6 is 0 Å². The summed E-state index contributed by atoms with van der Waals surface area (Å²) in [7, 11) is 0. The molecule has 134 valence electrons. The molecule has 0 amide bonds. The lowest BCUT2D eigenvalue weighted by atomic mass is 9.99. The Balaban J connectivity index is 1.91. The molecule has 3 aromatic carbocycles. The molecule has 0 fully saturated rings. The SMILES string of the molecule is FC(F)(F)c1ccc2c(c1)N=C(c1ccccc1)C(c1ccccc1)=NC2. The monoisotopic (exact) mass is 364 g/mol. The average Bonchev–Trinajstić information content (AvgIpc) is 2.88. The lowest BCUT2D eigenvalue weighted by Crippen LogP contribution is -2.16. The maximum absolute atomic E-state index is 13.1. The third-order valence-electron chi connectivity index (χ3n) is 4.37. The van der Waals surface area contributed by atoms with Gasteiger partial charge in [-0.3, -0.25) is 4.99 Å². The molecular weight excluding hydrogens is 349 g/mol. The largest absolute Gasteiger partial charge is 0.416 e. The molecule has 1 heterocycles. The quantitative estimate of drug-likeness (QED) is 0.547. The number of hydrogen-bond donors (Lipinski definition) is 0. The van der Waals surface area contributed by atoms with Gasteiger partial charge in [0.05, 0.1) is 29.2 Å². The van der Waals surface area contributed by atoms with Gasteiger partial charge in [-0.15, -0.1) is 0 Å². The van der Waals surface area contributed by atoms with Crippen LogP contribution in [0.2, 0.25) is 0 Å². The zero-order chi connectivity index (χ0) is 18.9. The molecular formula is C22H15F3N2. The summed E-state index contributed by atoms with van der Waals surface area (Å²) < 4.78 is 39.4. The fraction of sp³-hybridized carbons (Fsp3) is 0.0909. The van der Waals surface area contributed by atoms with Crippen LogP contribution in [0.15, 0.2) is 88.8 Å². The minimum absolute atomic E-state index is 0.275. The normalized spacial score (nSPS) is 14.0. The Kier molecular flexibility index (Phi) is 4.36. The van der Waals surface area contributed by atoms with E-state index in [0.717, 1.165) is 23.3 Å². The third-order valence-corrected chi connectivity index (χ3v) is 4.37. The Bertz CT molecular complexity index is 1020. The van der Waals surface area contributed by atoms with Gasteiger partial charge in [-0.05, 0) is 17.7 Å². The zero-order valence-corrected chi connectivity index (χ0v) is 14.2. The molecule has 2 nitrogen and oxygen atoms in total. The van der Waals surface area contributed by atoms with Gasteiger partial charge in [-0.25, -0.2) is 4.99 Å². The van der Waals surface area contributed by atoms with Crippen LogP contribution in [0, 0.1) is 0 Å². The highest BCUT2D eigenvalue weighted by Crippen LogP contribution is 2.35. The van der Waals surface area contributed by atoms with Gasteiger partial charge < -0.3 is 0 Å². The molecule has 0 saturated carbocycles. The summed E-state index contributed by atoms with van der Waals surface area (Å²) in [5.41, 5.74) is 3.20. The molecule has 0 aromatic heterocycles. The first-order valence-corrected chi connectivity index (χ1v) is 8.47. The van der Waals surface area contributed by atoms with E-state index in [1.807, 2.05) is 60.7 Å². The van der Waals surface area contributed by atoms with E-state index >= 15 is 0 Å². The molecule has 0 atom stereocenters. The molecule has 0 N–H and O–H groups in total. The summed E-state index contributed by atoms with van der Waals surface area (Å²) >= 11 is 0. The molecule has 4 rings (SSSR count). The molecule has 0 radical (unpaired) electrons. The second-order valence-electron chi connectivity index (χ2n) is 6.20. The Hall–Kier alpha value is -3.21. The van der Waals surface area contributed by atoms with Gasteiger partial charge in [0.2, 0.25) is 0 Å². The Morgan fingerprint density at radius 3 is 1.89 bits per heavy atom. The van der Waals surface area contributed by atoms with Crippen LogP contribution in [0.1, 0.15) is 22.3 Å². The fourth-order valence-corrected chi connectivity index (χ4v) is 3.01. The van der Waals surface area contributed by atoms with E-state index in [2.05, 4.69) is 9.98 Å². The van der Waals surface area contributed by atoms with Gasteiger partial charge in [0.15, 0.2) is 0 Å². The van der Waals surface area contributed by atoms with E-state index < -0.39 is 11.7 Å². The second kappa shape index (κ2) is 6.83. The summed E-state index contributed by atoms with van der Waals surface area (Å²) in [5, 5.41) is 0. The molecule has 0 spiro atoms. The van der Waals surface area contributed by atoms with Crippen molar-refractivity contribution in [1.29, 1.82) is 0 Å². The van der Waals surface area contributed by atoms with Crippen molar-refractivity contribution in [2.24, 2.45) is 9.98 Å². The van der Waals surface area contributed by atoms with Crippen LogP contribution in [0.25, 0.3) is 0 Å². The number of benzene rings is 3. The topological polar surface area (TPSA) is 24.7 Å². The number of hydrogen-bond acceptors (Lipinski definition) is 2. The standard InChI is InChI=1S/C22H15F3N2/c23-22(24,25)18-12-11-17-14-26-20(15-7-3-1-4-8-15)21(27-19(17)13-18)16-9-5-2-6-10-16/h1-13H,14H2. The van der Waals surface area contributed by atoms with Crippen molar-refractivity contribution in [2.45, 2.75) is 12.7 Å². The number of fused-ring (bicyclic) bond motifs is 1. The summed E-state index contributed by atoms with van der Waals surface area (Å²) in [4.78, 5) is 9.32. The Morgan fingerprint density at radius 1 is 0.704 bits per heavy atom. The maximum atomic E-state index is 13.1. The summed E-state index contributed by atoms with van der Waals surface area (Å²) in [6.07, 6.45) is -4.41. The molecule has 27 heavy (non-hydrogen) atoms. The molecule has 5 heteroatoms. The average molecular weight is 364 g/mol. The van der Waals surface area contributed by atoms with Crippen molar-refractivity contribution >= 4 is 17.1 Å². The van der Waals surface area contributed by atoms with Crippen LogP contribution in [0.4, 0.5) is 18.9 Å². The zero-order valence-electron chi connectivity index (χ0n) is 14.2. The van der Waals surface area contributed by atoms with Crippen molar-refractivity contribution in [1.82, 2.24) is 0 Å². The Labute approximate surface area is 154 Å². The fourth-order valence-electron chi connectivity index (χ4n) is 3.01. The maximum Gasteiger partial charge on any atom is 0.416 e. The summed E-state index contributed by atoms with van der Waals surface area (Å²) in [6, 6.07) is 22.6. The first-order chi connectivity index (χ1) is 13.0. The second-order valence-corrected chi connectivity index (χ2v) is 6.20. The van der Waals surface area contributed by atoms with Crippen LogP contribution in [-0.4, -0.2) is 11.4 Å². The number of aliphatic imine (C=N–C) groups is 2. The molecule has 1 aliphatic heterocycles. The van der Waals surface area contributed by atoms with E-state index in [1.165, 1.54) is 6.07 Å². The van der Waals surface area contributed by atoms with Gasteiger partial charge in [-0.1, -0.05) is 66.7 Å². The highest BCUT2D eigenvalue weighted by atomic mass is 19.4. The van der Waals surface area contributed by atoms with E-state index in [9.17, 15) is 13.2 Å². The van der Waals surface area contributed by atoms with Crippen molar-refractivity contribution < 1.29 is 13.2 Å². The first kappa shape index (κ1) is 17.2. The smallest absolute Gasteiger partial charge is 0.278 e. The van der Waals surface area contributed by atoms with Crippen LogP contribution in [0.3, 0.4) is 0 Å². The molecule has 1 aliphatic rings. The van der Waals surface area contributed by atoms with Crippen molar-refractivity contribution in [3.63, 3.8) is 0 Å².